The molecule has 0 saturated carbocycles. The minimum Gasteiger partial charge on any atom is -0.458 e. The summed E-state index contributed by atoms with van der Waals surface area (Å²) < 4.78 is 9.98. The lowest BCUT2D eigenvalue weighted by Crippen LogP contribution is -2.53. The molecule has 1 rings (SSSR count). The number of morpholine rings is 1. The third-order valence-corrected chi connectivity index (χ3v) is 1.89. The molecule has 0 aromatic rings. The van der Waals surface area contributed by atoms with Crippen molar-refractivity contribution >= 4 is 11.9 Å². The van der Waals surface area contributed by atoms with Crippen molar-refractivity contribution in [3.63, 3.8) is 0 Å². The van der Waals surface area contributed by atoms with E-state index in [-0.39, 0.29) is 6.61 Å². The molecule has 1 saturated heterocycles. The molecule has 92 valence electrons. The summed E-state index contributed by atoms with van der Waals surface area (Å²) in [4.78, 5) is 22.8. The van der Waals surface area contributed by atoms with Crippen LogP contribution in [0.5, 0.6) is 0 Å². The van der Waals surface area contributed by atoms with Crippen LogP contribution in [0.3, 0.4) is 0 Å². The Bertz CT molecular complexity index is 283. The normalized spacial score (nSPS) is 23.5. The highest BCUT2D eigenvalue weighted by Crippen LogP contribution is 2.12. The highest BCUT2D eigenvalue weighted by Gasteiger charge is 2.37. The van der Waals surface area contributed by atoms with Crippen LogP contribution in [0.15, 0.2) is 0 Å². The summed E-state index contributed by atoms with van der Waals surface area (Å²) in [5.74, 6) is -1.35. The van der Waals surface area contributed by atoms with E-state index in [1.165, 1.54) is 0 Å². The first-order valence-electron chi connectivity index (χ1n) is 5.11. The molecule has 1 aliphatic heterocycles. The van der Waals surface area contributed by atoms with Crippen LogP contribution in [0.2, 0.25) is 0 Å². The van der Waals surface area contributed by atoms with E-state index in [1.54, 1.807) is 20.8 Å². The quantitative estimate of drug-likeness (QED) is 0.608. The summed E-state index contributed by atoms with van der Waals surface area (Å²) >= 11 is 0. The van der Waals surface area contributed by atoms with Crippen LogP contribution in [0.4, 0.5) is 0 Å². The van der Waals surface area contributed by atoms with Crippen molar-refractivity contribution in [2.24, 2.45) is 0 Å². The minimum atomic E-state index is -1.58. The van der Waals surface area contributed by atoms with Crippen LogP contribution >= 0.6 is 0 Å². The number of hydrogen-bond donors (Lipinski definition) is 2. The number of rotatable bonds is 2. The van der Waals surface area contributed by atoms with Gasteiger partial charge in [0.15, 0.2) is 12.2 Å². The van der Waals surface area contributed by atoms with E-state index in [4.69, 9.17) is 9.47 Å². The third-order valence-electron chi connectivity index (χ3n) is 1.89. The predicted molar refractivity (Wildman–Crippen MR) is 54.6 cm³/mol. The highest BCUT2D eigenvalue weighted by atomic mass is 16.6. The molecule has 0 radical (unpaired) electrons. The number of ether oxygens (including phenoxy) is 2. The molecule has 6 heteroatoms. The molecule has 2 N–H and O–H groups in total. The number of aliphatic hydroxyl groups is 1. The van der Waals surface area contributed by atoms with Crippen molar-refractivity contribution < 1.29 is 24.2 Å². The molecule has 0 aromatic carbocycles. The Morgan fingerprint density at radius 3 is 2.75 bits per heavy atom. The summed E-state index contributed by atoms with van der Waals surface area (Å²) in [6.45, 7) is 5.70. The fourth-order valence-electron chi connectivity index (χ4n) is 1.26. The van der Waals surface area contributed by atoms with Crippen LogP contribution in [0, 0.1) is 0 Å². The summed E-state index contributed by atoms with van der Waals surface area (Å²) in [5, 5.41) is 12.1. The van der Waals surface area contributed by atoms with Crippen LogP contribution in [0.1, 0.15) is 20.8 Å². The second-order valence-electron chi connectivity index (χ2n) is 4.56. The molecule has 0 aliphatic carbocycles. The predicted octanol–water partition coefficient (Wildman–Crippen LogP) is -0.796. The molecule has 1 amide bonds. The van der Waals surface area contributed by atoms with Crippen molar-refractivity contribution in [2.45, 2.75) is 38.6 Å². The Morgan fingerprint density at radius 1 is 1.62 bits per heavy atom. The number of hydrogen-bond acceptors (Lipinski definition) is 5. The Labute approximate surface area is 93.9 Å². The monoisotopic (exact) mass is 231 g/mol. The van der Waals surface area contributed by atoms with Gasteiger partial charge in [0.05, 0.1) is 6.61 Å². The van der Waals surface area contributed by atoms with E-state index >= 15 is 0 Å². The molecule has 1 fully saturated rings. The third kappa shape index (κ3) is 3.46. The molecule has 0 spiro atoms. The fraction of sp³-hybridized carbons (Fsp3) is 0.800. The van der Waals surface area contributed by atoms with Gasteiger partial charge in [0.1, 0.15) is 5.60 Å². The highest BCUT2D eigenvalue weighted by molar-refractivity contribution is 5.89. The van der Waals surface area contributed by atoms with Gasteiger partial charge in [-0.1, -0.05) is 0 Å². The smallest absolute Gasteiger partial charge is 0.338 e. The molecule has 1 aliphatic rings. The van der Waals surface area contributed by atoms with Gasteiger partial charge in [-0.3, -0.25) is 4.79 Å². The van der Waals surface area contributed by atoms with Crippen molar-refractivity contribution in [3.8, 4) is 0 Å². The van der Waals surface area contributed by atoms with Crippen molar-refractivity contribution in [1.82, 2.24) is 5.32 Å². The number of carbonyl (C=O) groups is 2. The van der Waals surface area contributed by atoms with Gasteiger partial charge in [-0.2, -0.15) is 0 Å². The van der Waals surface area contributed by atoms with Crippen molar-refractivity contribution in [1.29, 1.82) is 0 Å². The minimum absolute atomic E-state index is 0.274. The number of nitrogens with one attached hydrogen (secondary N) is 1. The van der Waals surface area contributed by atoms with E-state index in [9.17, 15) is 14.7 Å². The first-order chi connectivity index (χ1) is 7.31. The van der Waals surface area contributed by atoms with Crippen LogP contribution in [0.25, 0.3) is 0 Å². The maximum Gasteiger partial charge on any atom is 0.338 e. The molecule has 1 unspecified atom stereocenters. The summed E-state index contributed by atoms with van der Waals surface area (Å²) in [5.41, 5.74) is -0.705. The Hall–Kier alpha value is -1.14. The topological polar surface area (TPSA) is 84.9 Å². The average Bonchev–Trinajstić information content (AvgIpc) is 2.15. The Kier molecular flexibility index (Phi) is 3.88. The lowest BCUT2D eigenvalue weighted by molar-refractivity contribution is -0.178. The SMILES string of the molecule is CC(C)(C)OC(=O)C(O)[C@H]1OCCNC1=O. The number of carbonyl (C=O) groups excluding carboxylic acids is 2. The largest absolute Gasteiger partial charge is 0.458 e. The van der Waals surface area contributed by atoms with Crippen molar-refractivity contribution in [3.05, 3.63) is 0 Å². The number of aliphatic hydroxyl groups excluding tert-OH is 1. The van der Waals surface area contributed by atoms with Gasteiger partial charge in [0.2, 0.25) is 0 Å². The van der Waals surface area contributed by atoms with Gasteiger partial charge in [0, 0.05) is 6.54 Å². The average molecular weight is 231 g/mol. The molecular weight excluding hydrogens is 214 g/mol. The van der Waals surface area contributed by atoms with E-state index < -0.39 is 29.7 Å². The molecule has 0 aromatic heterocycles. The van der Waals surface area contributed by atoms with Crippen LogP contribution < -0.4 is 5.32 Å². The molecule has 6 nitrogen and oxygen atoms in total. The summed E-state index contributed by atoms with van der Waals surface area (Å²) in [6, 6.07) is 0. The van der Waals surface area contributed by atoms with Gasteiger partial charge in [-0.05, 0) is 20.8 Å². The Morgan fingerprint density at radius 2 is 2.25 bits per heavy atom. The van der Waals surface area contributed by atoms with Gasteiger partial charge in [-0.25, -0.2) is 4.79 Å². The standard InChI is InChI=1S/C10H17NO5/c1-10(2,3)16-9(14)6(12)7-8(13)11-4-5-15-7/h6-7,12H,4-5H2,1-3H3,(H,11,13)/t6?,7-/m1/s1. The maximum absolute atomic E-state index is 11.5. The molecule has 0 bridgehead atoms. The van der Waals surface area contributed by atoms with E-state index in [0.717, 1.165) is 0 Å². The van der Waals surface area contributed by atoms with Gasteiger partial charge in [-0.15, -0.1) is 0 Å². The maximum atomic E-state index is 11.5. The number of amides is 1. The number of esters is 1. The zero-order valence-corrected chi connectivity index (χ0v) is 9.65. The fourth-order valence-corrected chi connectivity index (χ4v) is 1.26. The molecular formula is C10H17NO5. The van der Waals surface area contributed by atoms with E-state index in [1.807, 2.05) is 0 Å². The zero-order chi connectivity index (χ0) is 12.3. The summed E-state index contributed by atoms with van der Waals surface area (Å²) in [6.07, 6.45) is -2.76. The second-order valence-corrected chi connectivity index (χ2v) is 4.56. The van der Waals surface area contributed by atoms with Crippen LogP contribution in [-0.2, 0) is 19.1 Å². The lowest BCUT2D eigenvalue weighted by Gasteiger charge is -2.28. The van der Waals surface area contributed by atoms with E-state index in [2.05, 4.69) is 5.32 Å². The molecule has 1 heterocycles. The van der Waals surface area contributed by atoms with Crippen molar-refractivity contribution in [2.75, 3.05) is 13.2 Å². The van der Waals surface area contributed by atoms with Gasteiger partial charge in [0.25, 0.3) is 5.91 Å². The first-order valence-corrected chi connectivity index (χ1v) is 5.11. The lowest BCUT2D eigenvalue weighted by atomic mass is 10.1. The van der Waals surface area contributed by atoms with Gasteiger partial charge < -0.3 is 19.9 Å². The second kappa shape index (κ2) is 4.80. The molecule has 2 atom stereocenters. The first kappa shape index (κ1) is 12.9. The summed E-state index contributed by atoms with van der Waals surface area (Å²) in [7, 11) is 0. The van der Waals surface area contributed by atoms with Crippen LogP contribution in [-0.4, -0.2) is 47.9 Å². The van der Waals surface area contributed by atoms with Gasteiger partial charge >= 0.3 is 5.97 Å². The van der Waals surface area contributed by atoms with E-state index in [0.29, 0.717) is 6.54 Å². The Balaban J connectivity index is 2.59. The molecule has 16 heavy (non-hydrogen) atoms. The zero-order valence-electron chi connectivity index (χ0n) is 9.65.